The highest BCUT2D eigenvalue weighted by molar-refractivity contribution is 9.10. The molecule has 8 nitrogen and oxygen atoms in total. The Hall–Kier alpha value is -3.05. The lowest BCUT2D eigenvalue weighted by molar-refractivity contribution is 0.0945. The molecular formula is C29H31BrN4O4S. The van der Waals surface area contributed by atoms with Crippen molar-refractivity contribution in [3.63, 3.8) is 0 Å². The van der Waals surface area contributed by atoms with E-state index < -0.39 is 10.0 Å². The predicted molar refractivity (Wildman–Crippen MR) is 156 cm³/mol. The minimum absolute atomic E-state index is 0.120. The van der Waals surface area contributed by atoms with Crippen LogP contribution in [0.4, 0.5) is 0 Å². The molecule has 2 atom stereocenters. The molecule has 1 aliphatic rings. The van der Waals surface area contributed by atoms with Crippen molar-refractivity contribution >= 4 is 36.9 Å². The second-order valence-electron chi connectivity index (χ2n) is 9.66. The second-order valence-corrected chi connectivity index (χ2v) is 12.5. The Bertz CT molecular complexity index is 1640. The van der Waals surface area contributed by atoms with Gasteiger partial charge in [0.2, 0.25) is 10.0 Å². The van der Waals surface area contributed by atoms with Gasteiger partial charge in [-0.2, -0.15) is 4.31 Å². The van der Waals surface area contributed by atoms with Crippen molar-refractivity contribution in [3.05, 3.63) is 93.4 Å². The normalized spacial score (nSPS) is 17.8. The lowest BCUT2D eigenvalue weighted by Gasteiger charge is -2.42. The molecule has 0 bridgehead atoms. The highest BCUT2D eigenvalue weighted by Gasteiger charge is 2.37. The van der Waals surface area contributed by atoms with E-state index in [1.54, 1.807) is 46.3 Å². The standard InChI is InChI=1S/C29H31BrN4O4S/c1-4-27(32-17-18-33(20(2)19-32)39(36,37)24-15-13-23(38-3)14-16-24)28-31-26-8-6-5-7-25(26)29(35)34(28)22-11-9-21(30)10-12-22/h5-16,20,27H,4,17-19H2,1-3H3. The van der Waals surface area contributed by atoms with Crippen molar-refractivity contribution in [2.24, 2.45) is 0 Å². The van der Waals surface area contributed by atoms with E-state index in [0.29, 0.717) is 48.5 Å². The molecule has 0 aliphatic carbocycles. The summed E-state index contributed by atoms with van der Waals surface area (Å²) in [7, 11) is -2.12. The summed E-state index contributed by atoms with van der Waals surface area (Å²) < 4.78 is 36.3. The van der Waals surface area contributed by atoms with Crippen molar-refractivity contribution in [3.8, 4) is 11.4 Å². The van der Waals surface area contributed by atoms with Gasteiger partial charge in [-0.25, -0.2) is 13.4 Å². The van der Waals surface area contributed by atoms with Crippen molar-refractivity contribution in [2.45, 2.75) is 37.2 Å². The summed E-state index contributed by atoms with van der Waals surface area (Å²) in [4.78, 5) is 21.3. The van der Waals surface area contributed by atoms with Gasteiger partial charge in [-0.1, -0.05) is 35.0 Å². The second kappa shape index (κ2) is 11.2. The van der Waals surface area contributed by atoms with Gasteiger partial charge in [-0.05, 0) is 74.0 Å². The number of halogens is 1. The van der Waals surface area contributed by atoms with Gasteiger partial charge in [0, 0.05) is 30.1 Å². The molecule has 1 saturated heterocycles. The Morgan fingerprint density at radius 2 is 1.72 bits per heavy atom. The molecule has 0 spiro atoms. The maximum Gasteiger partial charge on any atom is 0.266 e. The van der Waals surface area contributed by atoms with Crippen molar-refractivity contribution < 1.29 is 13.2 Å². The maximum absolute atomic E-state index is 13.8. The zero-order valence-corrected chi connectivity index (χ0v) is 24.5. The average Bonchev–Trinajstić information content (AvgIpc) is 2.94. The highest BCUT2D eigenvalue weighted by atomic mass is 79.9. The SMILES string of the molecule is CCC(c1nc2ccccc2c(=O)n1-c1ccc(Br)cc1)N1CCN(S(=O)(=O)c2ccc(OC)cc2)C(C)C1. The van der Waals surface area contributed by atoms with E-state index in [4.69, 9.17) is 9.72 Å². The van der Waals surface area contributed by atoms with E-state index in [1.807, 2.05) is 49.4 Å². The lowest BCUT2D eigenvalue weighted by Crippen LogP contribution is -2.54. The van der Waals surface area contributed by atoms with Crippen LogP contribution in [-0.2, 0) is 10.0 Å². The van der Waals surface area contributed by atoms with Gasteiger partial charge in [-0.15, -0.1) is 0 Å². The Morgan fingerprint density at radius 3 is 2.36 bits per heavy atom. The number of methoxy groups -OCH3 is 1. The summed E-state index contributed by atoms with van der Waals surface area (Å²) in [5.74, 6) is 1.26. The number of fused-ring (bicyclic) bond motifs is 1. The molecule has 10 heteroatoms. The number of rotatable bonds is 7. The maximum atomic E-state index is 13.8. The van der Waals surface area contributed by atoms with Crippen LogP contribution >= 0.6 is 15.9 Å². The first-order chi connectivity index (χ1) is 18.7. The summed E-state index contributed by atoms with van der Waals surface area (Å²) in [5, 5.41) is 0.558. The minimum Gasteiger partial charge on any atom is -0.497 e. The monoisotopic (exact) mass is 610 g/mol. The number of hydrogen-bond acceptors (Lipinski definition) is 6. The van der Waals surface area contributed by atoms with Crippen LogP contribution in [0.15, 0.2) is 87.0 Å². The summed E-state index contributed by atoms with van der Waals surface area (Å²) in [6, 6.07) is 21.0. The molecular weight excluding hydrogens is 580 g/mol. The van der Waals surface area contributed by atoms with E-state index in [1.165, 1.54) is 0 Å². The van der Waals surface area contributed by atoms with Crippen LogP contribution in [0.2, 0.25) is 0 Å². The van der Waals surface area contributed by atoms with Gasteiger partial charge in [0.1, 0.15) is 11.6 Å². The largest absolute Gasteiger partial charge is 0.497 e. The van der Waals surface area contributed by atoms with E-state index in [0.717, 1.165) is 10.2 Å². The number of piperazine rings is 1. The third-order valence-electron chi connectivity index (χ3n) is 7.28. The number of sulfonamides is 1. The molecule has 2 unspecified atom stereocenters. The fourth-order valence-corrected chi connectivity index (χ4v) is 7.19. The Balaban J connectivity index is 1.50. The molecule has 39 heavy (non-hydrogen) atoms. The number of benzene rings is 3. The van der Waals surface area contributed by atoms with Crippen LogP contribution < -0.4 is 10.3 Å². The number of aromatic nitrogens is 2. The predicted octanol–water partition coefficient (Wildman–Crippen LogP) is 5.00. The van der Waals surface area contributed by atoms with E-state index in [9.17, 15) is 13.2 Å². The third kappa shape index (κ3) is 5.26. The van der Waals surface area contributed by atoms with Gasteiger partial charge >= 0.3 is 0 Å². The first-order valence-corrected chi connectivity index (χ1v) is 15.2. The highest BCUT2D eigenvalue weighted by Crippen LogP contribution is 2.30. The molecule has 5 rings (SSSR count). The molecule has 3 aromatic carbocycles. The van der Waals surface area contributed by atoms with Crippen molar-refractivity contribution in [2.75, 3.05) is 26.7 Å². The Labute approximate surface area is 237 Å². The van der Waals surface area contributed by atoms with E-state index >= 15 is 0 Å². The number of hydrogen-bond donors (Lipinski definition) is 0. The smallest absolute Gasteiger partial charge is 0.266 e. The van der Waals surface area contributed by atoms with Gasteiger partial charge in [0.15, 0.2) is 0 Å². The zero-order chi connectivity index (χ0) is 27.7. The molecule has 1 aliphatic heterocycles. The first-order valence-electron chi connectivity index (χ1n) is 12.9. The minimum atomic E-state index is -3.67. The molecule has 0 saturated carbocycles. The first kappa shape index (κ1) is 27.5. The molecule has 204 valence electrons. The summed E-state index contributed by atoms with van der Waals surface area (Å²) in [5.41, 5.74) is 1.27. The average molecular weight is 612 g/mol. The quantitative estimate of drug-likeness (QED) is 0.293. The molecule has 4 aromatic rings. The van der Waals surface area contributed by atoms with Crippen LogP contribution in [0.5, 0.6) is 5.75 Å². The summed E-state index contributed by atoms with van der Waals surface area (Å²) in [6.45, 7) is 5.36. The van der Waals surface area contributed by atoms with Crippen LogP contribution in [0.25, 0.3) is 16.6 Å². The molecule has 0 radical (unpaired) electrons. The topological polar surface area (TPSA) is 84.7 Å². The van der Waals surface area contributed by atoms with Gasteiger partial charge in [0.05, 0.1) is 34.6 Å². The summed E-state index contributed by atoms with van der Waals surface area (Å²) >= 11 is 3.48. The zero-order valence-electron chi connectivity index (χ0n) is 22.1. The fourth-order valence-electron chi connectivity index (χ4n) is 5.31. The lowest BCUT2D eigenvalue weighted by atomic mass is 10.1. The number of para-hydroxylation sites is 1. The van der Waals surface area contributed by atoms with Gasteiger partial charge in [-0.3, -0.25) is 14.3 Å². The van der Waals surface area contributed by atoms with Crippen LogP contribution in [0, 0.1) is 0 Å². The number of nitrogens with zero attached hydrogens (tertiary/aromatic N) is 4. The van der Waals surface area contributed by atoms with Gasteiger partial charge < -0.3 is 4.74 Å². The molecule has 0 N–H and O–H groups in total. The van der Waals surface area contributed by atoms with E-state index in [2.05, 4.69) is 27.8 Å². The fraction of sp³-hybridized carbons (Fsp3) is 0.310. The van der Waals surface area contributed by atoms with Crippen molar-refractivity contribution in [1.29, 1.82) is 0 Å². The van der Waals surface area contributed by atoms with E-state index in [-0.39, 0.29) is 22.5 Å². The summed E-state index contributed by atoms with van der Waals surface area (Å²) in [6.07, 6.45) is 0.708. The Kier molecular flexibility index (Phi) is 7.91. The molecule has 0 amide bonds. The molecule has 2 heterocycles. The Morgan fingerprint density at radius 1 is 1.03 bits per heavy atom. The third-order valence-corrected chi connectivity index (χ3v) is 9.83. The van der Waals surface area contributed by atoms with Crippen molar-refractivity contribution in [1.82, 2.24) is 18.8 Å². The number of ether oxygens (including phenoxy) is 1. The molecule has 1 aromatic heterocycles. The molecule has 1 fully saturated rings. The van der Waals surface area contributed by atoms with Gasteiger partial charge in [0.25, 0.3) is 5.56 Å². The van der Waals surface area contributed by atoms with Crippen LogP contribution in [0.1, 0.15) is 32.1 Å². The van der Waals surface area contributed by atoms with Crippen LogP contribution in [-0.4, -0.2) is 60.0 Å². The van der Waals surface area contributed by atoms with Crippen LogP contribution in [0.3, 0.4) is 0 Å².